The Labute approximate surface area is 186 Å². The summed E-state index contributed by atoms with van der Waals surface area (Å²) in [6.07, 6.45) is -0.238. The molecule has 0 aliphatic carbocycles. The number of hydrogen-bond acceptors (Lipinski definition) is 4. The molecule has 0 aromatic heterocycles. The lowest BCUT2D eigenvalue weighted by Gasteiger charge is -2.16. The average molecular weight is 441 g/mol. The van der Waals surface area contributed by atoms with Crippen molar-refractivity contribution in [2.45, 2.75) is 39.7 Å². The van der Waals surface area contributed by atoms with Crippen LogP contribution in [0.15, 0.2) is 48.5 Å². The number of nitrogens with one attached hydrogen (secondary N) is 4. The number of anilines is 3. The number of carbonyl (C=O) groups is 4. The van der Waals surface area contributed by atoms with Gasteiger partial charge in [0.25, 0.3) is 0 Å². The first kappa shape index (κ1) is 24.4. The maximum atomic E-state index is 12.2. The van der Waals surface area contributed by atoms with E-state index in [1.165, 1.54) is 0 Å². The third-order valence-electron chi connectivity index (χ3n) is 4.63. The highest BCUT2D eigenvalue weighted by atomic mass is 16.4. The summed E-state index contributed by atoms with van der Waals surface area (Å²) in [5.41, 5.74) is 2.73. The molecule has 0 aliphatic heterocycles. The Morgan fingerprint density at radius 1 is 0.844 bits per heavy atom. The SMILES string of the molecule is Cc1ccccc1NC(=O)Nc1ccc(NC(=O)CC(C)C(=O)NC(C)CC(=O)O)cc1. The van der Waals surface area contributed by atoms with Gasteiger partial charge in [-0.3, -0.25) is 14.4 Å². The molecule has 2 atom stereocenters. The minimum Gasteiger partial charge on any atom is -0.481 e. The van der Waals surface area contributed by atoms with Gasteiger partial charge in [0, 0.05) is 35.4 Å². The summed E-state index contributed by atoms with van der Waals surface area (Å²) in [7, 11) is 0. The molecule has 32 heavy (non-hydrogen) atoms. The molecular weight excluding hydrogens is 412 g/mol. The lowest BCUT2D eigenvalue weighted by atomic mass is 10.1. The fourth-order valence-electron chi connectivity index (χ4n) is 2.92. The Morgan fingerprint density at radius 2 is 1.44 bits per heavy atom. The van der Waals surface area contributed by atoms with E-state index in [9.17, 15) is 19.2 Å². The fraction of sp³-hybridized carbons (Fsp3) is 0.304. The Morgan fingerprint density at radius 3 is 2.03 bits per heavy atom. The number of carboxylic acids is 1. The van der Waals surface area contributed by atoms with Crippen LogP contribution in [0.1, 0.15) is 32.3 Å². The summed E-state index contributed by atoms with van der Waals surface area (Å²) in [5, 5.41) is 19.5. The number of amides is 4. The van der Waals surface area contributed by atoms with E-state index in [-0.39, 0.29) is 30.7 Å². The van der Waals surface area contributed by atoms with E-state index in [0.717, 1.165) is 5.56 Å². The molecule has 0 bridgehead atoms. The Hall–Kier alpha value is -3.88. The highest BCUT2D eigenvalue weighted by Gasteiger charge is 2.19. The van der Waals surface area contributed by atoms with E-state index in [4.69, 9.17) is 5.11 Å². The van der Waals surface area contributed by atoms with Gasteiger partial charge in [-0.1, -0.05) is 25.1 Å². The molecule has 0 aliphatic rings. The van der Waals surface area contributed by atoms with Gasteiger partial charge >= 0.3 is 12.0 Å². The minimum atomic E-state index is -1.01. The molecule has 0 fully saturated rings. The first-order chi connectivity index (χ1) is 15.1. The summed E-state index contributed by atoms with van der Waals surface area (Å²) in [6.45, 7) is 5.09. The second-order valence-corrected chi connectivity index (χ2v) is 7.63. The van der Waals surface area contributed by atoms with Gasteiger partial charge in [0.2, 0.25) is 11.8 Å². The molecule has 4 amide bonds. The van der Waals surface area contributed by atoms with Gasteiger partial charge < -0.3 is 26.4 Å². The number of carbonyl (C=O) groups excluding carboxylic acids is 3. The van der Waals surface area contributed by atoms with Crippen LogP contribution in [-0.4, -0.2) is 35.0 Å². The number of hydrogen-bond donors (Lipinski definition) is 5. The minimum absolute atomic E-state index is 0.0511. The van der Waals surface area contributed by atoms with Crippen LogP contribution in [0.2, 0.25) is 0 Å². The van der Waals surface area contributed by atoms with Crippen LogP contribution < -0.4 is 21.3 Å². The standard InChI is InChI=1S/C23H28N4O5/c1-14-6-4-5-7-19(14)27-23(32)26-18-10-8-17(9-11-18)25-20(28)12-15(2)22(31)24-16(3)13-21(29)30/h4-11,15-16H,12-13H2,1-3H3,(H,24,31)(H,25,28)(H,29,30)(H2,26,27,32). The summed E-state index contributed by atoms with van der Waals surface area (Å²) in [4.78, 5) is 47.1. The first-order valence-corrected chi connectivity index (χ1v) is 10.2. The van der Waals surface area contributed by atoms with Crippen LogP contribution in [0.4, 0.5) is 21.9 Å². The van der Waals surface area contributed by atoms with E-state index < -0.39 is 17.9 Å². The van der Waals surface area contributed by atoms with Gasteiger partial charge in [0.05, 0.1) is 6.42 Å². The number of benzene rings is 2. The largest absolute Gasteiger partial charge is 0.481 e. The maximum Gasteiger partial charge on any atom is 0.323 e. The van der Waals surface area contributed by atoms with Gasteiger partial charge in [0.15, 0.2) is 0 Å². The van der Waals surface area contributed by atoms with Crippen LogP contribution in [0.5, 0.6) is 0 Å². The van der Waals surface area contributed by atoms with Crippen molar-refractivity contribution < 1.29 is 24.3 Å². The van der Waals surface area contributed by atoms with E-state index >= 15 is 0 Å². The predicted octanol–water partition coefficient (Wildman–Crippen LogP) is 3.58. The molecule has 0 spiro atoms. The normalized spacial score (nSPS) is 12.2. The van der Waals surface area contributed by atoms with Crippen molar-refractivity contribution in [3.63, 3.8) is 0 Å². The molecule has 2 rings (SSSR count). The summed E-state index contributed by atoms with van der Waals surface area (Å²) in [6, 6.07) is 13.1. The third-order valence-corrected chi connectivity index (χ3v) is 4.63. The number of rotatable bonds is 9. The highest BCUT2D eigenvalue weighted by molar-refractivity contribution is 6.00. The highest BCUT2D eigenvalue weighted by Crippen LogP contribution is 2.17. The first-order valence-electron chi connectivity index (χ1n) is 10.2. The van der Waals surface area contributed by atoms with Crippen LogP contribution in [-0.2, 0) is 14.4 Å². The molecule has 2 aromatic carbocycles. The lowest BCUT2D eigenvalue weighted by molar-refractivity contribution is -0.138. The Bertz CT molecular complexity index is 975. The quantitative estimate of drug-likeness (QED) is 0.406. The zero-order valence-electron chi connectivity index (χ0n) is 18.3. The van der Waals surface area contributed by atoms with Gasteiger partial charge in [-0.15, -0.1) is 0 Å². The maximum absolute atomic E-state index is 12.2. The van der Waals surface area contributed by atoms with Crippen molar-refractivity contribution in [2.75, 3.05) is 16.0 Å². The molecule has 2 aromatic rings. The molecule has 0 saturated carbocycles. The van der Waals surface area contributed by atoms with Crippen molar-refractivity contribution >= 4 is 40.9 Å². The zero-order valence-corrected chi connectivity index (χ0v) is 18.3. The van der Waals surface area contributed by atoms with Crippen molar-refractivity contribution in [2.24, 2.45) is 5.92 Å². The van der Waals surface area contributed by atoms with E-state index in [0.29, 0.717) is 17.1 Å². The van der Waals surface area contributed by atoms with Crippen LogP contribution in [0.3, 0.4) is 0 Å². The molecule has 0 heterocycles. The zero-order chi connectivity index (χ0) is 23.7. The van der Waals surface area contributed by atoms with E-state index in [1.54, 1.807) is 38.1 Å². The molecule has 2 unspecified atom stereocenters. The monoisotopic (exact) mass is 440 g/mol. The van der Waals surface area contributed by atoms with E-state index in [1.807, 2.05) is 31.2 Å². The number of aryl methyl sites for hydroxylation is 1. The second-order valence-electron chi connectivity index (χ2n) is 7.63. The molecule has 9 nitrogen and oxygen atoms in total. The van der Waals surface area contributed by atoms with Crippen LogP contribution in [0, 0.1) is 12.8 Å². The van der Waals surface area contributed by atoms with Crippen molar-refractivity contribution in [3.8, 4) is 0 Å². The van der Waals surface area contributed by atoms with Crippen molar-refractivity contribution in [1.29, 1.82) is 0 Å². The van der Waals surface area contributed by atoms with Crippen molar-refractivity contribution in [1.82, 2.24) is 5.32 Å². The molecule has 0 saturated heterocycles. The number of urea groups is 1. The number of carboxylic acid groups (broad SMARTS) is 1. The second kappa shape index (κ2) is 11.5. The van der Waals surface area contributed by atoms with Gasteiger partial charge in [0.1, 0.15) is 0 Å². The van der Waals surface area contributed by atoms with E-state index in [2.05, 4.69) is 21.3 Å². The Kier molecular flexibility index (Phi) is 8.76. The molecule has 0 radical (unpaired) electrons. The topological polar surface area (TPSA) is 137 Å². The van der Waals surface area contributed by atoms with Crippen molar-refractivity contribution in [3.05, 3.63) is 54.1 Å². The third kappa shape index (κ3) is 8.10. The van der Waals surface area contributed by atoms with Crippen LogP contribution >= 0.6 is 0 Å². The molecule has 5 N–H and O–H groups in total. The predicted molar refractivity (Wildman–Crippen MR) is 123 cm³/mol. The molecular formula is C23H28N4O5. The molecule has 9 heteroatoms. The van der Waals surface area contributed by atoms with Gasteiger partial charge in [-0.25, -0.2) is 4.79 Å². The summed E-state index contributed by atoms with van der Waals surface area (Å²) >= 11 is 0. The lowest BCUT2D eigenvalue weighted by Crippen LogP contribution is -2.38. The summed E-state index contributed by atoms with van der Waals surface area (Å²) < 4.78 is 0. The van der Waals surface area contributed by atoms with Gasteiger partial charge in [-0.05, 0) is 49.7 Å². The summed E-state index contributed by atoms with van der Waals surface area (Å²) in [5.74, 6) is -2.35. The van der Waals surface area contributed by atoms with Gasteiger partial charge in [-0.2, -0.15) is 0 Å². The smallest absolute Gasteiger partial charge is 0.323 e. The number of aliphatic carboxylic acids is 1. The fourth-order valence-corrected chi connectivity index (χ4v) is 2.92. The molecule has 170 valence electrons. The Balaban J connectivity index is 1.82. The number of para-hydroxylation sites is 1. The average Bonchev–Trinajstić information content (AvgIpc) is 2.70. The van der Waals surface area contributed by atoms with Crippen LogP contribution in [0.25, 0.3) is 0 Å².